The minimum atomic E-state index is -1.03. The van der Waals surface area contributed by atoms with Crippen molar-refractivity contribution in [3.63, 3.8) is 0 Å². The number of likely N-dealkylation sites (tertiary alicyclic amines) is 1. The number of hydrogen-bond acceptors (Lipinski definition) is 7. The van der Waals surface area contributed by atoms with Crippen molar-refractivity contribution >= 4 is 45.8 Å². The van der Waals surface area contributed by atoms with E-state index in [0.29, 0.717) is 38.3 Å². The van der Waals surface area contributed by atoms with Gasteiger partial charge in [-0.1, -0.05) is 35.3 Å². The zero-order valence-corrected chi connectivity index (χ0v) is 25.0. The molecule has 0 bridgehead atoms. The van der Waals surface area contributed by atoms with Gasteiger partial charge in [0.2, 0.25) is 0 Å². The van der Waals surface area contributed by atoms with Crippen molar-refractivity contribution in [2.75, 3.05) is 51.3 Å². The van der Waals surface area contributed by atoms with Crippen molar-refractivity contribution in [1.82, 2.24) is 24.2 Å². The molecule has 2 aliphatic heterocycles. The summed E-state index contributed by atoms with van der Waals surface area (Å²) in [5.74, 6) is -0.134. The van der Waals surface area contributed by atoms with Gasteiger partial charge in [-0.3, -0.25) is 4.68 Å². The first-order chi connectivity index (χ1) is 20.3. The van der Waals surface area contributed by atoms with Gasteiger partial charge in [-0.25, -0.2) is 14.2 Å². The van der Waals surface area contributed by atoms with Crippen LogP contribution in [-0.2, 0) is 22.5 Å². The number of alkyl halides is 1. The molecule has 2 aromatic carbocycles. The quantitative estimate of drug-likeness (QED) is 0.261. The first kappa shape index (κ1) is 28.9. The van der Waals surface area contributed by atoms with E-state index in [2.05, 4.69) is 21.8 Å². The molecule has 2 aromatic heterocycles. The predicted octanol–water partition coefficient (Wildman–Crippen LogP) is 4.61. The van der Waals surface area contributed by atoms with Gasteiger partial charge in [-0.05, 0) is 30.7 Å². The number of carbonyl (C=O) groups is 1. The van der Waals surface area contributed by atoms with Crippen LogP contribution in [-0.4, -0.2) is 87.9 Å². The first-order valence-electron chi connectivity index (χ1n) is 14.1. The summed E-state index contributed by atoms with van der Waals surface area (Å²) in [6, 6.07) is 8.89. The van der Waals surface area contributed by atoms with E-state index >= 15 is 0 Å². The summed E-state index contributed by atoms with van der Waals surface area (Å²) < 4.78 is 22.7. The monoisotopic (exact) mass is 614 g/mol. The summed E-state index contributed by atoms with van der Waals surface area (Å²) in [7, 11) is 2.06. The predicted molar refractivity (Wildman–Crippen MR) is 161 cm³/mol. The van der Waals surface area contributed by atoms with Crippen molar-refractivity contribution in [3.8, 4) is 11.1 Å². The molecule has 0 amide bonds. The molecule has 0 aliphatic carbocycles. The van der Waals surface area contributed by atoms with Crippen LogP contribution in [0.3, 0.4) is 0 Å². The zero-order chi connectivity index (χ0) is 29.5. The Kier molecular flexibility index (Phi) is 8.15. The lowest BCUT2D eigenvalue weighted by Gasteiger charge is -2.39. The molecule has 2 unspecified atom stereocenters. The lowest BCUT2D eigenvalue weighted by molar-refractivity contribution is -0.146. The Labute approximate surface area is 253 Å². The molecule has 42 heavy (non-hydrogen) atoms. The van der Waals surface area contributed by atoms with Crippen LogP contribution < -0.4 is 4.90 Å². The minimum absolute atomic E-state index is 0.172. The van der Waals surface area contributed by atoms with Crippen molar-refractivity contribution in [2.24, 2.45) is 5.92 Å². The van der Waals surface area contributed by atoms with Crippen molar-refractivity contribution in [3.05, 3.63) is 64.3 Å². The molecule has 1 N–H and O–H groups in total. The van der Waals surface area contributed by atoms with Crippen LogP contribution in [0.2, 0.25) is 10.0 Å². The van der Waals surface area contributed by atoms with Gasteiger partial charge < -0.3 is 24.2 Å². The van der Waals surface area contributed by atoms with Crippen LogP contribution in [0.25, 0.3) is 22.0 Å². The number of benzene rings is 2. The Morgan fingerprint density at radius 2 is 2.00 bits per heavy atom. The van der Waals surface area contributed by atoms with E-state index in [0.717, 1.165) is 43.0 Å². The number of fused-ring (bicyclic) bond motifs is 2. The molecule has 9 nitrogen and oxygen atoms in total. The summed E-state index contributed by atoms with van der Waals surface area (Å²) in [5.41, 5.74) is 4.20. The lowest BCUT2D eigenvalue weighted by Crippen LogP contribution is -2.50. The molecule has 1 fully saturated rings. The molecular formula is C30H33Cl2FN6O3. The Hall–Kier alpha value is -3.18. The molecule has 0 spiro atoms. The lowest BCUT2D eigenvalue weighted by atomic mass is 10.0. The highest BCUT2D eigenvalue weighted by atomic mass is 35.5. The number of imidazole rings is 1. The van der Waals surface area contributed by atoms with E-state index < -0.39 is 18.2 Å². The molecule has 0 saturated carbocycles. The van der Waals surface area contributed by atoms with E-state index in [1.54, 1.807) is 30.1 Å². The molecule has 4 aromatic rings. The van der Waals surface area contributed by atoms with E-state index in [1.165, 1.54) is 4.68 Å². The van der Waals surface area contributed by atoms with Gasteiger partial charge in [0.05, 0.1) is 35.2 Å². The van der Waals surface area contributed by atoms with Gasteiger partial charge in [-0.15, -0.1) is 0 Å². The van der Waals surface area contributed by atoms with Gasteiger partial charge in [-0.2, -0.15) is 5.10 Å². The summed E-state index contributed by atoms with van der Waals surface area (Å²) in [6.07, 6.45) is 2.36. The minimum Gasteiger partial charge on any atom is -0.464 e. The highest BCUT2D eigenvalue weighted by Gasteiger charge is 2.35. The number of hydrogen-bond donors (Lipinski definition) is 1. The van der Waals surface area contributed by atoms with Gasteiger partial charge in [0, 0.05) is 80.7 Å². The number of anilines is 1. The number of aliphatic hydroxyl groups is 1. The molecule has 2 atom stereocenters. The Balaban J connectivity index is 1.28. The second kappa shape index (κ2) is 11.8. The highest BCUT2D eigenvalue weighted by molar-refractivity contribution is 6.42. The fraction of sp³-hybridized carbons (Fsp3) is 0.433. The topological polar surface area (TPSA) is 88.7 Å². The van der Waals surface area contributed by atoms with Crippen LogP contribution in [0, 0.1) is 5.92 Å². The first-order valence-corrected chi connectivity index (χ1v) is 14.9. The summed E-state index contributed by atoms with van der Waals surface area (Å²) >= 11 is 13.7. The number of nitrogens with zero attached hydrogens (tertiary/aromatic N) is 6. The number of ether oxygens (including phenoxy) is 1. The van der Waals surface area contributed by atoms with Crippen LogP contribution in [0.1, 0.15) is 24.4 Å². The molecule has 1 saturated heterocycles. The highest BCUT2D eigenvalue weighted by Crippen LogP contribution is 2.40. The summed E-state index contributed by atoms with van der Waals surface area (Å²) in [5, 5.41) is 15.4. The maximum absolute atomic E-state index is 14.2. The molecule has 222 valence electrons. The third-order valence-corrected chi connectivity index (χ3v) is 8.88. The van der Waals surface area contributed by atoms with E-state index in [9.17, 15) is 14.3 Å². The van der Waals surface area contributed by atoms with E-state index in [-0.39, 0.29) is 26.2 Å². The standard InChI is InChI=1S/C30H33Cl2FN6O3/c1-3-42-30(41)29(28-25-10-20(33)14-38(25)17-34-28)39-15-23-24(31)11-22(26(32)27(23)35-39)19-4-6-21(7-5-19)36(2)8-9-37-12-18(13-37)16-40/h4-7,11,15,17-18,20,29,40H,3,8-10,12-14,16H2,1-2H3. The smallest absolute Gasteiger partial charge is 0.337 e. The fourth-order valence-electron chi connectivity index (χ4n) is 5.84. The van der Waals surface area contributed by atoms with Crippen LogP contribution in [0.15, 0.2) is 42.9 Å². The number of esters is 1. The Bertz CT molecular complexity index is 1600. The fourth-order valence-corrected chi connectivity index (χ4v) is 6.39. The van der Waals surface area contributed by atoms with E-state index in [1.807, 2.05) is 24.3 Å². The summed E-state index contributed by atoms with van der Waals surface area (Å²) in [4.78, 5) is 22.2. The maximum atomic E-state index is 14.2. The average molecular weight is 616 g/mol. The number of carbonyl (C=O) groups excluding carboxylic acids is 1. The van der Waals surface area contributed by atoms with Crippen molar-refractivity contribution < 1.29 is 19.0 Å². The van der Waals surface area contributed by atoms with Crippen LogP contribution in [0.4, 0.5) is 10.1 Å². The second-order valence-electron chi connectivity index (χ2n) is 11.1. The van der Waals surface area contributed by atoms with Gasteiger partial charge >= 0.3 is 5.97 Å². The number of likely N-dealkylation sites (N-methyl/N-ethyl adjacent to an activating group) is 1. The Morgan fingerprint density at radius 1 is 1.24 bits per heavy atom. The third kappa shape index (κ3) is 5.37. The zero-order valence-electron chi connectivity index (χ0n) is 23.5. The SMILES string of the molecule is CCOC(=O)C(c1ncn2c1CC(F)C2)n1cc2c(Cl)cc(-c3ccc(N(C)CCN4CC(CO)C4)cc3)c(Cl)c2n1. The van der Waals surface area contributed by atoms with E-state index in [4.69, 9.17) is 33.0 Å². The van der Waals surface area contributed by atoms with Crippen molar-refractivity contribution in [2.45, 2.75) is 32.1 Å². The van der Waals surface area contributed by atoms with Crippen LogP contribution >= 0.6 is 23.2 Å². The van der Waals surface area contributed by atoms with Gasteiger partial charge in [0.15, 0.2) is 6.04 Å². The van der Waals surface area contributed by atoms with Crippen LogP contribution in [0.5, 0.6) is 0 Å². The molecule has 0 radical (unpaired) electrons. The molecule has 4 heterocycles. The third-order valence-electron chi connectivity index (χ3n) is 8.19. The number of halogens is 3. The van der Waals surface area contributed by atoms with Gasteiger partial charge in [0.1, 0.15) is 11.7 Å². The average Bonchev–Trinajstić information content (AvgIpc) is 3.66. The second-order valence-corrected chi connectivity index (χ2v) is 11.8. The number of aromatic nitrogens is 4. The molecule has 6 rings (SSSR count). The molecular weight excluding hydrogens is 582 g/mol. The van der Waals surface area contributed by atoms with Crippen molar-refractivity contribution in [1.29, 1.82) is 0 Å². The number of rotatable bonds is 10. The summed E-state index contributed by atoms with van der Waals surface area (Å²) in [6.45, 7) is 6.08. The maximum Gasteiger partial charge on any atom is 0.337 e. The molecule has 12 heteroatoms. The van der Waals surface area contributed by atoms with Gasteiger partial charge in [0.25, 0.3) is 0 Å². The largest absolute Gasteiger partial charge is 0.464 e. The normalized spacial score (nSPS) is 17.8. The molecule has 2 aliphatic rings. The number of aliphatic hydroxyl groups excluding tert-OH is 1. The Morgan fingerprint density at radius 3 is 2.71 bits per heavy atom.